The van der Waals surface area contributed by atoms with Gasteiger partial charge in [-0.3, -0.25) is 0 Å². The number of phenolic OH excluding ortho intramolecular Hbond substituents is 1. The molecule has 1 atom stereocenters. The van der Waals surface area contributed by atoms with Gasteiger partial charge in [-0.05, 0) is 49.6 Å². The normalized spacial score (nSPS) is 12.0. The van der Waals surface area contributed by atoms with Crippen molar-refractivity contribution in [3.63, 3.8) is 0 Å². The zero-order valence-electron chi connectivity index (χ0n) is 12.4. The Labute approximate surface area is 120 Å². The summed E-state index contributed by atoms with van der Waals surface area (Å²) in [5, 5.41) is 13.2. The Morgan fingerprint density at radius 1 is 1.05 bits per heavy atom. The first-order valence-electron chi connectivity index (χ1n) is 6.72. The van der Waals surface area contributed by atoms with Crippen LogP contribution in [0, 0.1) is 13.8 Å². The minimum Gasteiger partial charge on any atom is -0.504 e. The molecule has 2 aromatic rings. The van der Waals surface area contributed by atoms with Gasteiger partial charge in [0.25, 0.3) is 0 Å². The molecular formula is C17H21NO2. The maximum atomic E-state index is 9.79. The molecule has 0 saturated carbocycles. The molecule has 0 saturated heterocycles. The molecule has 0 heterocycles. The number of benzene rings is 2. The highest BCUT2D eigenvalue weighted by atomic mass is 16.5. The van der Waals surface area contributed by atoms with Crippen LogP contribution in [0.1, 0.15) is 29.7 Å². The van der Waals surface area contributed by atoms with Crippen molar-refractivity contribution in [1.29, 1.82) is 0 Å². The van der Waals surface area contributed by atoms with Crippen molar-refractivity contribution in [3.05, 3.63) is 53.1 Å². The monoisotopic (exact) mass is 271 g/mol. The fourth-order valence-electron chi connectivity index (χ4n) is 2.15. The van der Waals surface area contributed by atoms with E-state index in [0.717, 1.165) is 5.69 Å². The number of methoxy groups -OCH3 is 1. The van der Waals surface area contributed by atoms with Crippen LogP contribution in [0.2, 0.25) is 0 Å². The SMILES string of the molecule is COc1ccc(NC(C)c2ccc(C)c(C)c2)cc1O. The second kappa shape index (κ2) is 5.87. The van der Waals surface area contributed by atoms with Crippen molar-refractivity contribution < 1.29 is 9.84 Å². The molecule has 2 rings (SSSR count). The highest BCUT2D eigenvalue weighted by molar-refractivity contribution is 5.55. The number of aryl methyl sites for hydroxylation is 2. The second-order valence-electron chi connectivity index (χ2n) is 5.10. The lowest BCUT2D eigenvalue weighted by molar-refractivity contribution is 0.373. The number of anilines is 1. The van der Waals surface area contributed by atoms with Gasteiger partial charge in [-0.15, -0.1) is 0 Å². The number of rotatable bonds is 4. The fraction of sp³-hybridized carbons (Fsp3) is 0.294. The van der Waals surface area contributed by atoms with E-state index in [4.69, 9.17) is 4.74 Å². The number of aromatic hydroxyl groups is 1. The quantitative estimate of drug-likeness (QED) is 0.876. The van der Waals surface area contributed by atoms with Crippen molar-refractivity contribution >= 4 is 5.69 Å². The molecule has 0 amide bonds. The van der Waals surface area contributed by atoms with Crippen molar-refractivity contribution in [2.24, 2.45) is 0 Å². The third-order valence-electron chi connectivity index (χ3n) is 3.59. The number of hydrogen-bond donors (Lipinski definition) is 2. The van der Waals surface area contributed by atoms with Crippen LogP contribution in [0.15, 0.2) is 36.4 Å². The van der Waals surface area contributed by atoms with Gasteiger partial charge in [-0.2, -0.15) is 0 Å². The molecule has 2 N–H and O–H groups in total. The second-order valence-corrected chi connectivity index (χ2v) is 5.10. The van der Waals surface area contributed by atoms with E-state index in [1.807, 2.05) is 6.07 Å². The minimum atomic E-state index is 0.143. The lowest BCUT2D eigenvalue weighted by Crippen LogP contribution is -2.07. The van der Waals surface area contributed by atoms with Gasteiger partial charge in [-0.1, -0.05) is 18.2 Å². The van der Waals surface area contributed by atoms with Crippen LogP contribution in [-0.4, -0.2) is 12.2 Å². The molecule has 0 aliphatic rings. The summed E-state index contributed by atoms with van der Waals surface area (Å²) in [5.41, 5.74) is 4.68. The zero-order chi connectivity index (χ0) is 14.7. The Bertz CT molecular complexity index is 608. The van der Waals surface area contributed by atoms with E-state index in [0.29, 0.717) is 5.75 Å². The minimum absolute atomic E-state index is 0.143. The summed E-state index contributed by atoms with van der Waals surface area (Å²) in [6, 6.07) is 12.0. The summed E-state index contributed by atoms with van der Waals surface area (Å²) in [7, 11) is 1.54. The lowest BCUT2D eigenvalue weighted by atomic mass is 10.0. The highest BCUT2D eigenvalue weighted by Crippen LogP contribution is 2.30. The third-order valence-corrected chi connectivity index (χ3v) is 3.59. The summed E-state index contributed by atoms with van der Waals surface area (Å²) in [5.74, 6) is 0.624. The van der Waals surface area contributed by atoms with Gasteiger partial charge < -0.3 is 15.2 Å². The Hall–Kier alpha value is -2.16. The van der Waals surface area contributed by atoms with Gasteiger partial charge >= 0.3 is 0 Å². The molecule has 20 heavy (non-hydrogen) atoms. The summed E-state index contributed by atoms with van der Waals surface area (Å²) in [6.45, 7) is 6.33. The molecule has 0 aromatic heterocycles. The van der Waals surface area contributed by atoms with E-state index in [9.17, 15) is 5.11 Å². The Morgan fingerprint density at radius 3 is 2.40 bits per heavy atom. The van der Waals surface area contributed by atoms with Gasteiger partial charge in [0, 0.05) is 17.8 Å². The number of nitrogens with one attached hydrogen (secondary N) is 1. The van der Waals surface area contributed by atoms with E-state index in [-0.39, 0.29) is 11.8 Å². The molecule has 0 fully saturated rings. The standard InChI is InChI=1S/C17H21NO2/c1-11-5-6-14(9-12(11)2)13(3)18-15-7-8-17(20-4)16(19)10-15/h5-10,13,18-19H,1-4H3. The van der Waals surface area contributed by atoms with Gasteiger partial charge in [0.05, 0.1) is 7.11 Å². The third kappa shape index (κ3) is 3.05. The van der Waals surface area contributed by atoms with Crippen LogP contribution >= 0.6 is 0 Å². The van der Waals surface area contributed by atoms with Gasteiger partial charge in [-0.25, -0.2) is 0 Å². The van der Waals surface area contributed by atoms with Crippen molar-refractivity contribution in [3.8, 4) is 11.5 Å². The predicted octanol–water partition coefficient (Wildman–Crippen LogP) is 4.19. The van der Waals surface area contributed by atoms with Crippen LogP contribution in [0.4, 0.5) is 5.69 Å². The van der Waals surface area contributed by atoms with Crippen LogP contribution in [0.25, 0.3) is 0 Å². The van der Waals surface area contributed by atoms with E-state index in [2.05, 4.69) is 44.3 Å². The van der Waals surface area contributed by atoms with E-state index >= 15 is 0 Å². The fourth-order valence-corrected chi connectivity index (χ4v) is 2.15. The smallest absolute Gasteiger partial charge is 0.160 e. The molecule has 0 radical (unpaired) electrons. The molecule has 3 nitrogen and oxygen atoms in total. The number of phenols is 1. The molecule has 106 valence electrons. The Kier molecular flexibility index (Phi) is 4.18. The van der Waals surface area contributed by atoms with Crippen LogP contribution in [-0.2, 0) is 0 Å². The average Bonchev–Trinajstić information content (AvgIpc) is 2.42. The summed E-state index contributed by atoms with van der Waals surface area (Å²) >= 11 is 0. The predicted molar refractivity (Wildman–Crippen MR) is 82.6 cm³/mol. The van der Waals surface area contributed by atoms with E-state index in [1.54, 1.807) is 19.2 Å². The van der Waals surface area contributed by atoms with Crippen LogP contribution < -0.4 is 10.1 Å². The van der Waals surface area contributed by atoms with Crippen LogP contribution in [0.3, 0.4) is 0 Å². The number of hydrogen-bond acceptors (Lipinski definition) is 3. The zero-order valence-corrected chi connectivity index (χ0v) is 12.4. The average molecular weight is 271 g/mol. The molecule has 1 unspecified atom stereocenters. The first-order chi connectivity index (χ1) is 9.51. The van der Waals surface area contributed by atoms with Gasteiger partial charge in [0.1, 0.15) is 0 Å². The maximum Gasteiger partial charge on any atom is 0.160 e. The number of ether oxygens (including phenoxy) is 1. The summed E-state index contributed by atoms with van der Waals surface area (Å²) in [6.07, 6.45) is 0. The summed E-state index contributed by atoms with van der Waals surface area (Å²) in [4.78, 5) is 0. The van der Waals surface area contributed by atoms with Gasteiger partial charge in [0.2, 0.25) is 0 Å². The Morgan fingerprint density at radius 2 is 1.80 bits per heavy atom. The van der Waals surface area contributed by atoms with Gasteiger partial charge in [0.15, 0.2) is 11.5 Å². The highest BCUT2D eigenvalue weighted by Gasteiger charge is 2.08. The summed E-state index contributed by atoms with van der Waals surface area (Å²) < 4.78 is 5.04. The van der Waals surface area contributed by atoms with Crippen molar-refractivity contribution in [2.75, 3.05) is 12.4 Å². The molecule has 0 spiro atoms. The topological polar surface area (TPSA) is 41.5 Å². The van der Waals surface area contributed by atoms with E-state index in [1.165, 1.54) is 16.7 Å². The molecule has 2 aromatic carbocycles. The lowest BCUT2D eigenvalue weighted by Gasteiger charge is -2.17. The van der Waals surface area contributed by atoms with Crippen LogP contribution in [0.5, 0.6) is 11.5 Å². The Balaban J connectivity index is 2.16. The van der Waals surface area contributed by atoms with Crippen molar-refractivity contribution in [1.82, 2.24) is 0 Å². The molecule has 0 aliphatic heterocycles. The first-order valence-corrected chi connectivity index (χ1v) is 6.72. The maximum absolute atomic E-state index is 9.79. The molecule has 3 heteroatoms. The molecule has 0 bridgehead atoms. The first kappa shape index (κ1) is 14.3. The molecule has 0 aliphatic carbocycles. The largest absolute Gasteiger partial charge is 0.504 e. The molecular weight excluding hydrogens is 250 g/mol. The van der Waals surface area contributed by atoms with E-state index < -0.39 is 0 Å². The van der Waals surface area contributed by atoms with Crippen molar-refractivity contribution in [2.45, 2.75) is 26.8 Å².